The van der Waals surface area contributed by atoms with Crippen LogP contribution in [0.5, 0.6) is 0 Å². The van der Waals surface area contributed by atoms with E-state index in [0.717, 1.165) is 0 Å². The van der Waals surface area contributed by atoms with Crippen molar-refractivity contribution in [1.82, 2.24) is 9.13 Å². The van der Waals surface area contributed by atoms with Crippen molar-refractivity contribution in [3.05, 3.63) is 158 Å². The summed E-state index contributed by atoms with van der Waals surface area (Å²) in [4.78, 5) is 0. The lowest BCUT2D eigenvalue weighted by atomic mass is 9.99. The Morgan fingerprint density at radius 3 is 1.60 bits per heavy atom. The highest BCUT2D eigenvalue weighted by atomic mass is 15.0. The van der Waals surface area contributed by atoms with Crippen LogP contribution in [0.15, 0.2) is 158 Å². The summed E-state index contributed by atoms with van der Waals surface area (Å²) in [5.41, 5.74) is 9.70. The average molecular weight is 535 g/mol. The molecule has 0 aliphatic heterocycles. The van der Waals surface area contributed by atoms with E-state index in [4.69, 9.17) is 0 Å². The second kappa shape index (κ2) is 8.95. The third kappa shape index (κ3) is 3.15. The summed E-state index contributed by atoms with van der Waals surface area (Å²) in [5, 5.41) is 7.64. The van der Waals surface area contributed by atoms with Gasteiger partial charge in [0.2, 0.25) is 0 Å². The molecule has 0 amide bonds. The lowest BCUT2D eigenvalue weighted by molar-refractivity contribution is 1.18. The standard InChI is InChI=1S/C40H26N2/c1-3-15-27(16-4-1)29-19-9-12-24-34(29)42-36-26-14-10-22-32(36)37-30-20-7-8-21-31(30)39-38(40(37)42)33-23-11-13-25-35(33)41(39)28-17-5-2-6-18-28/h1-26H. The van der Waals surface area contributed by atoms with Gasteiger partial charge in [-0.3, -0.25) is 0 Å². The van der Waals surface area contributed by atoms with Gasteiger partial charge in [0.15, 0.2) is 0 Å². The van der Waals surface area contributed by atoms with Gasteiger partial charge < -0.3 is 9.13 Å². The summed E-state index contributed by atoms with van der Waals surface area (Å²) in [6.45, 7) is 0. The van der Waals surface area contributed by atoms with E-state index in [1.165, 1.54) is 76.9 Å². The van der Waals surface area contributed by atoms with E-state index in [1.807, 2.05) is 0 Å². The van der Waals surface area contributed by atoms with Crippen LogP contribution in [0, 0.1) is 0 Å². The highest BCUT2D eigenvalue weighted by Crippen LogP contribution is 2.47. The molecule has 0 spiro atoms. The van der Waals surface area contributed by atoms with E-state index in [-0.39, 0.29) is 0 Å². The zero-order chi connectivity index (χ0) is 27.6. The van der Waals surface area contributed by atoms with Crippen molar-refractivity contribution in [3.63, 3.8) is 0 Å². The van der Waals surface area contributed by atoms with Crippen molar-refractivity contribution in [1.29, 1.82) is 0 Å². The maximum atomic E-state index is 2.52. The lowest BCUT2D eigenvalue weighted by Crippen LogP contribution is -1.98. The highest BCUT2D eigenvalue weighted by Gasteiger charge is 2.24. The summed E-state index contributed by atoms with van der Waals surface area (Å²) in [6.07, 6.45) is 0. The molecule has 2 nitrogen and oxygen atoms in total. The predicted molar refractivity (Wildman–Crippen MR) is 178 cm³/mol. The van der Waals surface area contributed by atoms with Gasteiger partial charge in [-0.1, -0.05) is 127 Å². The number of hydrogen-bond acceptors (Lipinski definition) is 0. The quantitative estimate of drug-likeness (QED) is 0.213. The first-order valence-corrected chi connectivity index (χ1v) is 14.5. The molecule has 2 heterocycles. The SMILES string of the molecule is c1ccc(-c2ccccc2-n2c3ccccc3c3c4ccccc4c4c(c5ccccc5n4-c4ccccc4)c32)cc1. The molecule has 2 heteroatoms. The van der Waals surface area contributed by atoms with E-state index in [0.29, 0.717) is 0 Å². The molecule has 196 valence electrons. The Morgan fingerprint density at radius 1 is 0.333 bits per heavy atom. The van der Waals surface area contributed by atoms with Gasteiger partial charge in [-0.15, -0.1) is 0 Å². The van der Waals surface area contributed by atoms with Crippen LogP contribution in [0.1, 0.15) is 0 Å². The van der Waals surface area contributed by atoms with Crippen LogP contribution in [0.25, 0.3) is 76.9 Å². The maximum Gasteiger partial charge on any atom is 0.0648 e. The van der Waals surface area contributed by atoms with Crippen molar-refractivity contribution in [2.75, 3.05) is 0 Å². The van der Waals surface area contributed by atoms with Crippen LogP contribution in [-0.2, 0) is 0 Å². The minimum absolute atomic E-state index is 1.17. The minimum Gasteiger partial charge on any atom is -0.309 e. The fraction of sp³-hybridized carbons (Fsp3) is 0. The molecule has 0 atom stereocenters. The molecule has 0 saturated carbocycles. The average Bonchev–Trinajstić information content (AvgIpc) is 3.59. The number of para-hydroxylation sites is 4. The molecular weight excluding hydrogens is 508 g/mol. The van der Waals surface area contributed by atoms with E-state index < -0.39 is 0 Å². The van der Waals surface area contributed by atoms with Crippen LogP contribution >= 0.6 is 0 Å². The van der Waals surface area contributed by atoms with Gasteiger partial charge in [0.25, 0.3) is 0 Å². The molecule has 0 N–H and O–H groups in total. The fourth-order valence-corrected chi connectivity index (χ4v) is 7.02. The highest BCUT2D eigenvalue weighted by molar-refractivity contribution is 6.36. The summed E-state index contributed by atoms with van der Waals surface area (Å²) in [6, 6.07) is 57.0. The Bertz CT molecular complexity index is 2440. The molecule has 0 aliphatic rings. The van der Waals surface area contributed by atoms with E-state index in [9.17, 15) is 0 Å². The molecule has 0 aliphatic carbocycles. The summed E-state index contributed by atoms with van der Waals surface area (Å²) >= 11 is 0. The Kier molecular flexibility index (Phi) is 4.93. The Morgan fingerprint density at radius 2 is 0.857 bits per heavy atom. The van der Waals surface area contributed by atoms with Gasteiger partial charge in [-0.2, -0.15) is 0 Å². The van der Waals surface area contributed by atoms with Crippen LogP contribution in [0.3, 0.4) is 0 Å². The third-order valence-electron chi connectivity index (χ3n) is 8.68. The normalized spacial score (nSPS) is 11.8. The predicted octanol–water partition coefficient (Wildman–Crippen LogP) is 10.7. The summed E-state index contributed by atoms with van der Waals surface area (Å²) in [7, 11) is 0. The van der Waals surface area contributed by atoms with Gasteiger partial charge in [-0.25, -0.2) is 0 Å². The first-order chi connectivity index (χ1) is 20.9. The second-order valence-corrected chi connectivity index (χ2v) is 10.9. The van der Waals surface area contributed by atoms with Gasteiger partial charge in [0, 0.05) is 38.2 Å². The zero-order valence-electron chi connectivity index (χ0n) is 22.9. The largest absolute Gasteiger partial charge is 0.309 e. The second-order valence-electron chi connectivity index (χ2n) is 10.9. The van der Waals surface area contributed by atoms with Crippen LogP contribution in [0.4, 0.5) is 0 Å². The maximum absolute atomic E-state index is 2.52. The molecular formula is C40H26N2. The van der Waals surface area contributed by atoms with Crippen molar-refractivity contribution < 1.29 is 0 Å². The van der Waals surface area contributed by atoms with E-state index in [2.05, 4.69) is 167 Å². The lowest BCUT2D eigenvalue weighted by Gasteiger charge is -2.16. The van der Waals surface area contributed by atoms with Gasteiger partial charge in [0.05, 0.1) is 27.8 Å². The third-order valence-corrected chi connectivity index (χ3v) is 8.68. The van der Waals surface area contributed by atoms with Gasteiger partial charge in [-0.05, 0) is 41.3 Å². The molecule has 0 radical (unpaired) electrons. The topological polar surface area (TPSA) is 9.86 Å². The fourth-order valence-electron chi connectivity index (χ4n) is 7.02. The van der Waals surface area contributed by atoms with E-state index in [1.54, 1.807) is 0 Å². The van der Waals surface area contributed by atoms with Crippen LogP contribution < -0.4 is 0 Å². The molecule has 7 aromatic carbocycles. The molecule has 0 unspecified atom stereocenters. The Balaban J connectivity index is 1.60. The number of hydrogen-bond donors (Lipinski definition) is 0. The van der Waals surface area contributed by atoms with E-state index >= 15 is 0 Å². The number of aromatic nitrogens is 2. The monoisotopic (exact) mass is 534 g/mol. The zero-order valence-corrected chi connectivity index (χ0v) is 22.9. The number of nitrogens with zero attached hydrogens (tertiary/aromatic N) is 2. The van der Waals surface area contributed by atoms with Gasteiger partial charge >= 0.3 is 0 Å². The Hall–Kier alpha value is -5.60. The van der Waals surface area contributed by atoms with Crippen molar-refractivity contribution in [2.24, 2.45) is 0 Å². The molecule has 9 rings (SSSR count). The van der Waals surface area contributed by atoms with Gasteiger partial charge in [0.1, 0.15) is 0 Å². The smallest absolute Gasteiger partial charge is 0.0648 e. The Labute approximate surface area is 243 Å². The molecule has 0 saturated heterocycles. The molecule has 9 aromatic rings. The molecule has 42 heavy (non-hydrogen) atoms. The molecule has 0 bridgehead atoms. The number of rotatable bonds is 3. The van der Waals surface area contributed by atoms with Crippen LogP contribution in [0.2, 0.25) is 0 Å². The minimum atomic E-state index is 1.17. The molecule has 0 fully saturated rings. The number of fused-ring (bicyclic) bond motifs is 10. The van der Waals surface area contributed by atoms with Crippen LogP contribution in [-0.4, -0.2) is 9.13 Å². The molecule has 2 aromatic heterocycles. The van der Waals surface area contributed by atoms with Crippen molar-refractivity contribution in [2.45, 2.75) is 0 Å². The first kappa shape index (κ1) is 23.1. The van der Waals surface area contributed by atoms with Crippen molar-refractivity contribution >= 4 is 54.4 Å². The van der Waals surface area contributed by atoms with Crippen molar-refractivity contribution in [3.8, 4) is 22.5 Å². The summed E-state index contributed by atoms with van der Waals surface area (Å²) in [5.74, 6) is 0. The first-order valence-electron chi connectivity index (χ1n) is 14.5. The summed E-state index contributed by atoms with van der Waals surface area (Å²) < 4.78 is 4.97. The number of benzene rings is 7.